The Morgan fingerprint density at radius 1 is 1.17 bits per heavy atom. The third-order valence-corrected chi connectivity index (χ3v) is 5.53. The Morgan fingerprint density at radius 2 is 1.44 bits per heavy atom. The second kappa shape index (κ2) is 7.32. The van der Waals surface area contributed by atoms with Crippen molar-refractivity contribution >= 4 is 21.2 Å². The molecule has 0 fully saturated rings. The Morgan fingerprint density at radius 3 is 1.61 bits per heavy atom. The van der Waals surface area contributed by atoms with Gasteiger partial charge < -0.3 is 35.5 Å². The first-order valence-corrected chi connectivity index (χ1v) is 7.75. The van der Waals surface area contributed by atoms with Crippen LogP contribution in [0, 0.1) is 0 Å². The molecule has 0 amide bonds. The van der Waals surface area contributed by atoms with Crippen molar-refractivity contribution in [2.45, 2.75) is 24.8 Å². The van der Waals surface area contributed by atoms with Gasteiger partial charge in [-0.3, -0.25) is 13.9 Å². The summed E-state index contributed by atoms with van der Waals surface area (Å²) >= 11 is 0. The number of nitrogens with two attached hydrogens (primary N) is 1. The maximum absolute atomic E-state index is 10.7. The fourth-order valence-corrected chi connectivity index (χ4v) is 3.06. The molecule has 0 aliphatic heterocycles. The molecular weight excluding hydrogens is 292 g/mol. The summed E-state index contributed by atoms with van der Waals surface area (Å²) in [6, 6.07) is 0. The summed E-state index contributed by atoms with van der Waals surface area (Å²) in [5, 5.41) is 13.3. The van der Waals surface area contributed by atoms with E-state index in [1.807, 2.05) is 0 Å². The molecule has 0 saturated carbocycles. The molecule has 0 aliphatic carbocycles. The number of carboxylic acid groups (broad SMARTS) is 1. The highest BCUT2D eigenvalue weighted by Crippen LogP contribution is 2.69. The average molecular weight is 309 g/mol. The van der Waals surface area contributed by atoms with E-state index in [0.717, 1.165) is 6.92 Å². The van der Waals surface area contributed by atoms with Crippen LogP contribution < -0.4 is 5.73 Å². The maximum Gasteiger partial charge on any atom is 0.369 e. The Hall–Kier alpha value is -0.310. The smallest absolute Gasteiger partial charge is 0.369 e. The standard InChI is InChI=1S/C4H13NO7P2.C2H4O2/c5-3-1-2-4(6,13(7,8)9)14(10,11)12;1-2(3)4/h6H,1-3,5H2,(H2,7,8,9)(H2,10,11,12);1H3,(H,3,4). The van der Waals surface area contributed by atoms with Gasteiger partial charge in [0.15, 0.2) is 0 Å². The molecule has 110 valence electrons. The predicted molar refractivity (Wildman–Crippen MR) is 60.6 cm³/mol. The van der Waals surface area contributed by atoms with E-state index in [4.69, 9.17) is 35.2 Å². The lowest BCUT2D eigenvalue weighted by atomic mass is 10.3. The summed E-state index contributed by atoms with van der Waals surface area (Å²) < 4.78 is 21.4. The van der Waals surface area contributed by atoms with Gasteiger partial charge in [-0.05, 0) is 13.0 Å². The van der Waals surface area contributed by atoms with Crippen LogP contribution in [0.15, 0.2) is 0 Å². The van der Waals surface area contributed by atoms with Crippen molar-refractivity contribution in [1.82, 2.24) is 0 Å². The van der Waals surface area contributed by atoms with Crippen molar-refractivity contribution in [2.24, 2.45) is 5.73 Å². The van der Waals surface area contributed by atoms with Crippen LogP contribution in [0.1, 0.15) is 19.8 Å². The summed E-state index contributed by atoms with van der Waals surface area (Å²) in [5.41, 5.74) is 5.01. The van der Waals surface area contributed by atoms with E-state index in [1.165, 1.54) is 0 Å². The highest BCUT2D eigenvalue weighted by Gasteiger charge is 2.58. The molecule has 10 nitrogen and oxygen atoms in total. The third-order valence-electron chi connectivity index (χ3n) is 1.65. The van der Waals surface area contributed by atoms with Crippen LogP contribution in [0.4, 0.5) is 0 Å². The summed E-state index contributed by atoms with van der Waals surface area (Å²) in [5.74, 6) is -0.833. The highest BCUT2D eigenvalue weighted by atomic mass is 31.2. The molecule has 8 N–H and O–H groups in total. The number of hydrogen-bond acceptors (Lipinski definition) is 5. The molecule has 0 aromatic rings. The first-order chi connectivity index (χ1) is 7.79. The van der Waals surface area contributed by atoms with Gasteiger partial charge in [0.1, 0.15) is 0 Å². The molecule has 0 atom stereocenters. The number of carbonyl (C=O) groups is 1. The van der Waals surface area contributed by atoms with E-state index in [0.29, 0.717) is 0 Å². The van der Waals surface area contributed by atoms with Crippen molar-refractivity contribution < 1.29 is 43.7 Å². The Labute approximate surface area is 103 Å². The Kier molecular flexibility index (Phi) is 8.14. The van der Waals surface area contributed by atoms with Gasteiger partial charge in [-0.1, -0.05) is 0 Å². The maximum atomic E-state index is 10.7. The largest absolute Gasteiger partial charge is 0.481 e. The normalized spacial score (nSPS) is 12.6. The van der Waals surface area contributed by atoms with E-state index in [1.54, 1.807) is 0 Å². The van der Waals surface area contributed by atoms with Crippen molar-refractivity contribution in [1.29, 1.82) is 0 Å². The van der Waals surface area contributed by atoms with E-state index >= 15 is 0 Å². The van der Waals surface area contributed by atoms with E-state index in [2.05, 4.69) is 0 Å². The summed E-state index contributed by atoms with van der Waals surface area (Å²) in [7, 11) is -10.6. The van der Waals surface area contributed by atoms with Gasteiger partial charge in [0.2, 0.25) is 0 Å². The van der Waals surface area contributed by atoms with Gasteiger partial charge in [-0.25, -0.2) is 0 Å². The SMILES string of the molecule is CC(=O)O.NCCCC(O)(P(=O)(O)O)P(=O)(O)O. The number of rotatable bonds is 5. The number of carboxylic acids is 1. The second-order valence-corrected chi connectivity index (χ2v) is 7.28. The molecule has 0 aromatic carbocycles. The van der Waals surface area contributed by atoms with Gasteiger partial charge in [-0.15, -0.1) is 0 Å². The average Bonchev–Trinajstić information content (AvgIpc) is 2.09. The molecule has 0 bridgehead atoms. The number of aliphatic hydroxyl groups is 1. The Balaban J connectivity index is 0. The third kappa shape index (κ3) is 6.58. The summed E-state index contributed by atoms with van der Waals surface area (Å²) in [6.45, 7) is 1.04. The van der Waals surface area contributed by atoms with E-state index < -0.39 is 32.7 Å². The molecule has 0 rings (SSSR count). The minimum Gasteiger partial charge on any atom is -0.481 e. The van der Waals surface area contributed by atoms with Gasteiger partial charge in [0.05, 0.1) is 0 Å². The van der Waals surface area contributed by atoms with Crippen molar-refractivity contribution in [3.63, 3.8) is 0 Å². The van der Waals surface area contributed by atoms with Crippen LogP contribution >= 0.6 is 15.2 Å². The lowest BCUT2D eigenvalue weighted by molar-refractivity contribution is -0.134. The van der Waals surface area contributed by atoms with E-state index in [9.17, 15) is 14.2 Å². The zero-order valence-corrected chi connectivity index (χ0v) is 11.3. The minimum absolute atomic E-state index is 0.0394. The van der Waals surface area contributed by atoms with Crippen LogP contribution in [-0.2, 0) is 13.9 Å². The lowest BCUT2D eigenvalue weighted by Crippen LogP contribution is -2.29. The molecule has 0 spiro atoms. The monoisotopic (exact) mass is 309 g/mol. The molecule has 0 saturated heterocycles. The minimum atomic E-state index is -5.30. The highest BCUT2D eigenvalue weighted by molar-refractivity contribution is 7.72. The van der Waals surface area contributed by atoms with Gasteiger partial charge >= 0.3 is 15.2 Å². The van der Waals surface area contributed by atoms with Crippen LogP contribution in [0.2, 0.25) is 0 Å². The quantitative estimate of drug-likeness (QED) is 0.303. The summed E-state index contributed by atoms with van der Waals surface area (Å²) in [4.78, 5) is 43.5. The molecule has 0 radical (unpaired) electrons. The topological polar surface area (TPSA) is 199 Å². The second-order valence-electron chi connectivity index (χ2n) is 3.27. The Bertz CT molecular complexity index is 332. The zero-order chi connectivity index (χ0) is 15.2. The van der Waals surface area contributed by atoms with Crippen LogP contribution in [0.3, 0.4) is 0 Å². The van der Waals surface area contributed by atoms with Crippen LogP contribution in [0.25, 0.3) is 0 Å². The van der Waals surface area contributed by atoms with Crippen LogP contribution in [-0.4, -0.2) is 47.4 Å². The fraction of sp³-hybridized carbons (Fsp3) is 0.833. The van der Waals surface area contributed by atoms with Crippen molar-refractivity contribution in [3.8, 4) is 0 Å². The van der Waals surface area contributed by atoms with Crippen LogP contribution in [0.5, 0.6) is 0 Å². The van der Waals surface area contributed by atoms with Gasteiger partial charge in [0, 0.05) is 13.3 Å². The molecule has 18 heavy (non-hydrogen) atoms. The first kappa shape index (κ1) is 20.0. The molecular formula is C6H17NO9P2. The van der Waals surface area contributed by atoms with Gasteiger partial charge in [-0.2, -0.15) is 0 Å². The summed E-state index contributed by atoms with van der Waals surface area (Å²) in [6.07, 6.45) is -0.856. The molecule has 0 unspecified atom stereocenters. The molecule has 0 aliphatic rings. The first-order valence-electron chi connectivity index (χ1n) is 4.53. The van der Waals surface area contributed by atoms with Gasteiger partial charge in [0.25, 0.3) is 11.1 Å². The molecule has 0 heterocycles. The van der Waals surface area contributed by atoms with E-state index in [-0.39, 0.29) is 13.0 Å². The predicted octanol–water partition coefficient (Wildman–Crippen LogP) is -1.18. The molecule has 12 heteroatoms. The number of hydrogen-bond donors (Lipinski definition) is 7. The number of aliphatic carboxylic acids is 1. The lowest BCUT2D eigenvalue weighted by Gasteiger charge is -2.28. The fourth-order valence-electron chi connectivity index (χ4n) is 0.800. The zero-order valence-electron chi connectivity index (χ0n) is 9.50. The molecule has 0 aromatic heterocycles. The van der Waals surface area contributed by atoms with Crippen molar-refractivity contribution in [3.05, 3.63) is 0 Å². The van der Waals surface area contributed by atoms with Crippen molar-refractivity contribution in [2.75, 3.05) is 6.54 Å².